The van der Waals surface area contributed by atoms with Gasteiger partial charge in [0, 0.05) is 46.1 Å². The SMILES string of the molecule is O=S(=O)(c1ccc(Br)cc1Cl)N1CCN(c2nc(-c3cccc(Br)c3)cs2)CC1. The van der Waals surface area contributed by atoms with Crippen molar-refractivity contribution in [2.75, 3.05) is 31.1 Å². The minimum Gasteiger partial charge on any atom is -0.345 e. The van der Waals surface area contributed by atoms with Crippen LogP contribution in [0.4, 0.5) is 5.13 Å². The summed E-state index contributed by atoms with van der Waals surface area (Å²) in [6.07, 6.45) is 0. The van der Waals surface area contributed by atoms with Crippen molar-refractivity contribution in [3.8, 4) is 11.3 Å². The summed E-state index contributed by atoms with van der Waals surface area (Å²) in [4.78, 5) is 7.01. The van der Waals surface area contributed by atoms with Gasteiger partial charge in [-0.2, -0.15) is 4.31 Å². The molecular weight excluding hydrogens is 562 g/mol. The first-order chi connectivity index (χ1) is 13.8. The molecule has 1 fully saturated rings. The number of anilines is 1. The summed E-state index contributed by atoms with van der Waals surface area (Å²) < 4.78 is 29.2. The molecule has 5 nitrogen and oxygen atoms in total. The molecule has 2 aromatic carbocycles. The maximum atomic E-state index is 13.0. The van der Waals surface area contributed by atoms with Gasteiger partial charge in [-0.05, 0) is 30.3 Å². The van der Waals surface area contributed by atoms with Crippen LogP contribution >= 0.6 is 54.8 Å². The molecule has 0 N–H and O–H groups in total. The van der Waals surface area contributed by atoms with Gasteiger partial charge in [-0.15, -0.1) is 11.3 Å². The molecule has 3 aromatic rings. The van der Waals surface area contributed by atoms with Crippen LogP contribution in [0.2, 0.25) is 5.02 Å². The number of nitrogens with zero attached hydrogens (tertiary/aromatic N) is 3. The third kappa shape index (κ3) is 4.55. The summed E-state index contributed by atoms with van der Waals surface area (Å²) in [5.74, 6) is 0. The number of aromatic nitrogens is 1. The van der Waals surface area contributed by atoms with Crippen molar-refractivity contribution in [2.45, 2.75) is 4.90 Å². The number of benzene rings is 2. The van der Waals surface area contributed by atoms with Crippen molar-refractivity contribution in [1.82, 2.24) is 9.29 Å². The van der Waals surface area contributed by atoms with Gasteiger partial charge in [0.05, 0.1) is 10.7 Å². The third-order valence-corrected chi connectivity index (χ3v) is 8.90. The van der Waals surface area contributed by atoms with Crippen LogP contribution in [0.3, 0.4) is 0 Å². The second-order valence-electron chi connectivity index (χ2n) is 6.49. The average Bonchev–Trinajstić information content (AvgIpc) is 3.18. The Labute approximate surface area is 195 Å². The van der Waals surface area contributed by atoms with Gasteiger partial charge >= 0.3 is 0 Å². The Hall–Kier alpha value is -0.970. The predicted octanol–water partition coefficient (Wildman–Crippen LogP) is 5.50. The Kier molecular flexibility index (Phi) is 6.34. The Morgan fingerprint density at radius 1 is 1.00 bits per heavy atom. The molecule has 0 spiro atoms. The molecule has 0 atom stereocenters. The van der Waals surface area contributed by atoms with Crippen molar-refractivity contribution >= 4 is 70.0 Å². The molecule has 1 saturated heterocycles. The van der Waals surface area contributed by atoms with E-state index in [0.717, 1.165) is 25.3 Å². The maximum Gasteiger partial charge on any atom is 0.244 e. The highest BCUT2D eigenvalue weighted by atomic mass is 79.9. The standard InChI is InChI=1S/C19H16Br2ClN3O2S2/c20-14-3-1-2-13(10-14)17-12-28-19(23-17)24-6-8-25(9-7-24)29(26,27)18-5-4-15(21)11-16(18)22/h1-5,10-12H,6-9H2. The number of hydrogen-bond donors (Lipinski definition) is 0. The highest BCUT2D eigenvalue weighted by Gasteiger charge is 2.31. The van der Waals surface area contributed by atoms with Gasteiger partial charge in [0.2, 0.25) is 10.0 Å². The summed E-state index contributed by atoms with van der Waals surface area (Å²) in [5.41, 5.74) is 1.97. The zero-order valence-corrected chi connectivity index (χ0v) is 20.6. The van der Waals surface area contributed by atoms with E-state index >= 15 is 0 Å². The molecule has 1 aliphatic heterocycles. The van der Waals surface area contributed by atoms with Gasteiger partial charge in [0.15, 0.2) is 5.13 Å². The molecule has 4 rings (SSSR count). The normalized spacial score (nSPS) is 15.6. The second kappa shape index (κ2) is 8.64. The lowest BCUT2D eigenvalue weighted by molar-refractivity contribution is 0.385. The summed E-state index contributed by atoms with van der Waals surface area (Å²) >= 11 is 14.5. The zero-order chi connectivity index (χ0) is 20.6. The van der Waals surface area contributed by atoms with E-state index in [1.54, 1.807) is 29.5 Å². The minimum atomic E-state index is -3.63. The molecule has 1 aliphatic rings. The van der Waals surface area contributed by atoms with Crippen LogP contribution in [0.5, 0.6) is 0 Å². The lowest BCUT2D eigenvalue weighted by Crippen LogP contribution is -2.48. The van der Waals surface area contributed by atoms with E-state index in [-0.39, 0.29) is 9.92 Å². The monoisotopic (exact) mass is 575 g/mol. The topological polar surface area (TPSA) is 53.5 Å². The first-order valence-electron chi connectivity index (χ1n) is 8.76. The summed E-state index contributed by atoms with van der Waals surface area (Å²) in [6.45, 7) is 1.94. The van der Waals surface area contributed by atoms with Gasteiger partial charge in [0.25, 0.3) is 0 Å². The molecule has 2 heterocycles. The maximum absolute atomic E-state index is 13.0. The van der Waals surface area contributed by atoms with E-state index in [1.807, 2.05) is 29.6 Å². The predicted molar refractivity (Wildman–Crippen MR) is 125 cm³/mol. The Balaban J connectivity index is 1.47. The molecular formula is C19H16Br2ClN3O2S2. The van der Waals surface area contributed by atoms with E-state index in [2.05, 4.69) is 36.8 Å². The first-order valence-corrected chi connectivity index (χ1v) is 13.0. The molecule has 10 heteroatoms. The van der Waals surface area contributed by atoms with Crippen molar-refractivity contribution in [1.29, 1.82) is 0 Å². The van der Waals surface area contributed by atoms with E-state index in [4.69, 9.17) is 16.6 Å². The number of halogens is 3. The van der Waals surface area contributed by atoms with Crippen LogP contribution in [0.1, 0.15) is 0 Å². The van der Waals surface area contributed by atoms with E-state index in [1.165, 1.54) is 4.31 Å². The molecule has 152 valence electrons. The van der Waals surface area contributed by atoms with Crippen LogP contribution in [0, 0.1) is 0 Å². The number of rotatable bonds is 4. The number of piperazine rings is 1. The lowest BCUT2D eigenvalue weighted by atomic mass is 10.2. The molecule has 0 saturated carbocycles. The Morgan fingerprint density at radius 2 is 1.72 bits per heavy atom. The van der Waals surface area contributed by atoms with Crippen LogP contribution in [0.15, 0.2) is 61.7 Å². The highest BCUT2D eigenvalue weighted by Crippen LogP contribution is 2.31. The van der Waals surface area contributed by atoms with Crippen molar-refractivity contribution in [3.05, 3.63) is 61.8 Å². The van der Waals surface area contributed by atoms with Crippen molar-refractivity contribution < 1.29 is 8.42 Å². The smallest absolute Gasteiger partial charge is 0.244 e. The summed E-state index contributed by atoms with van der Waals surface area (Å²) in [5, 5.41) is 3.15. The fourth-order valence-electron chi connectivity index (χ4n) is 3.13. The second-order valence-corrected chi connectivity index (χ2v) is 11.5. The molecule has 0 unspecified atom stereocenters. The molecule has 1 aromatic heterocycles. The van der Waals surface area contributed by atoms with Gasteiger partial charge < -0.3 is 4.90 Å². The van der Waals surface area contributed by atoms with Crippen LogP contribution in [0.25, 0.3) is 11.3 Å². The molecule has 29 heavy (non-hydrogen) atoms. The quantitative estimate of drug-likeness (QED) is 0.411. The van der Waals surface area contributed by atoms with Crippen LogP contribution in [-0.2, 0) is 10.0 Å². The van der Waals surface area contributed by atoms with Gasteiger partial charge in [-0.25, -0.2) is 13.4 Å². The minimum absolute atomic E-state index is 0.141. The lowest BCUT2D eigenvalue weighted by Gasteiger charge is -2.33. The van der Waals surface area contributed by atoms with Crippen LogP contribution in [-0.4, -0.2) is 43.9 Å². The van der Waals surface area contributed by atoms with E-state index in [0.29, 0.717) is 26.2 Å². The number of hydrogen-bond acceptors (Lipinski definition) is 5. The largest absolute Gasteiger partial charge is 0.345 e. The van der Waals surface area contributed by atoms with Gasteiger partial charge in [-0.3, -0.25) is 0 Å². The third-order valence-electron chi connectivity index (χ3n) is 4.63. The number of thiazole rings is 1. The van der Waals surface area contributed by atoms with Crippen LogP contribution < -0.4 is 4.90 Å². The number of sulfonamides is 1. The van der Waals surface area contributed by atoms with Crippen molar-refractivity contribution in [3.63, 3.8) is 0 Å². The Morgan fingerprint density at radius 3 is 2.41 bits per heavy atom. The average molecular weight is 578 g/mol. The van der Waals surface area contributed by atoms with E-state index < -0.39 is 10.0 Å². The molecule has 0 aliphatic carbocycles. The molecule has 0 radical (unpaired) electrons. The zero-order valence-electron chi connectivity index (χ0n) is 15.1. The van der Waals surface area contributed by atoms with E-state index in [9.17, 15) is 8.42 Å². The molecule has 0 bridgehead atoms. The van der Waals surface area contributed by atoms with Gasteiger partial charge in [0.1, 0.15) is 4.90 Å². The fourth-order valence-corrected chi connectivity index (χ4v) is 6.85. The Bertz CT molecular complexity index is 1150. The highest BCUT2D eigenvalue weighted by molar-refractivity contribution is 9.10. The molecule has 0 amide bonds. The first kappa shape index (κ1) is 21.3. The summed E-state index contributed by atoms with van der Waals surface area (Å²) in [7, 11) is -3.63. The van der Waals surface area contributed by atoms with Gasteiger partial charge in [-0.1, -0.05) is 55.6 Å². The fraction of sp³-hybridized carbons (Fsp3) is 0.211. The summed E-state index contributed by atoms with van der Waals surface area (Å²) in [6, 6.07) is 12.8. The van der Waals surface area contributed by atoms with Crippen molar-refractivity contribution in [2.24, 2.45) is 0 Å².